The standard InChI is InChI=1S/C18H18FN5OS/c1-10(17-20-15(23-25-17)11-6-7-11)26-18-22-21-16(24(18)12-8-9-12)13-4-2-3-5-14(13)19/h2-5,10-12H,6-9H2,1H3. The van der Waals surface area contributed by atoms with Gasteiger partial charge in [-0.25, -0.2) is 4.39 Å². The predicted molar refractivity (Wildman–Crippen MR) is 94.2 cm³/mol. The molecule has 0 aliphatic heterocycles. The van der Waals surface area contributed by atoms with E-state index in [0.717, 1.165) is 36.7 Å². The lowest BCUT2D eigenvalue weighted by Gasteiger charge is -2.11. The Kier molecular flexibility index (Phi) is 3.81. The van der Waals surface area contributed by atoms with Gasteiger partial charge in [0, 0.05) is 12.0 Å². The molecule has 1 atom stereocenters. The molecule has 2 fully saturated rings. The molecule has 0 bridgehead atoms. The van der Waals surface area contributed by atoms with Crippen LogP contribution in [0.3, 0.4) is 0 Å². The summed E-state index contributed by atoms with van der Waals surface area (Å²) in [4.78, 5) is 4.52. The van der Waals surface area contributed by atoms with E-state index in [1.54, 1.807) is 12.1 Å². The third-order valence-corrected chi connectivity index (χ3v) is 5.77. The first-order chi connectivity index (χ1) is 12.7. The number of rotatable bonds is 6. The summed E-state index contributed by atoms with van der Waals surface area (Å²) in [5, 5.41) is 13.4. The van der Waals surface area contributed by atoms with Crippen LogP contribution < -0.4 is 0 Å². The Hall–Kier alpha value is -2.22. The van der Waals surface area contributed by atoms with Crippen molar-refractivity contribution >= 4 is 11.8 Å². The van der Waals surface area contributed by atoms with Crippen LogP contribution in [0.1, 0.15) is 61.5 Å². The molecule has 2 aliphatic rings. The van der Waals surface area contributed by atoms with Crippen LogP contribution in [0.5, 0.6) is 0 Å². The zero-order chi connectivity index (χ0) is 17.7. The van der Waals surface area contributed by atoms with Crippen LogP contribution in [-0.4, -0.2) is 24.9 Å². The molecule has 5 rings (SSSR count). The van der Waals surface area contributed by atoms with Crippen LogP contribution in [-0.2, 0) is 0 Å². The number of nitrogens with zero attached hydrogens (tertiary/aromatic N) is 5. The largest absolute Gasteiger partial charge is 0.338 e. The monoisotopic (exact) mass is 371 g/mol. The van der Waals surface area contributed by atoms with Gasteiger partial charge in [-0.15, -0.1) is 10.2 Å². The average molecular weight is 371 g/mol. The fourth-order valence-electron chi connectivity index (χ4n) is 2.97. The first-order valence-corrected chi connectivity index (χ1v) is 9.78. The minimum atomic E-state index is -0.280. The molecule has 2 aromatic heterocycles. The Morgan fingerprint density at radius 2 is 2.00 bits per heavy atom. The third-order valence-electron chi connectivity index (χ3n) is 4.72. The zero-order valence-electron chi connectivity index (χ0n) is 14.3. The molecular formula is C18H18FN5OS. The molecule has 1 aromatic carbocycles. The SMILES string of the molecule is CC(Sc1nnc(-c2ccccc2F)n1C1CC1)c1nc(C2CC2)no1. The molecular weight excluding hydrogens is 353 g/mol. The molecule has 0 spiro atoms. The topological polar surface area (TPSA) is 69.6 Å². The van der Waals surface area contributed by atoms with Crippen LogP contribution in [0.15, 0.2) is 33.9 Å². The minimum absolute atomic E-state index is 0.0369. The summed E-state index contributed by atoms with van der Waals surface area (Å²) in [5.41, 5.74) is 0.486. The Morgan fingerprint density at radius 3 is 2.73 bits per heavy atom. The molecule has 0 radical (unpaired) electrons. The number of benzene rings is 1. The van der Waals surface area contributed by atoms with E-state index in [2.05, 4.69) is 24.9 Å². The van der Waals surface area contributed by atoms with Gasteiger partial charge in [-0.1, -0.05) is 29.1 Å². The smallest absolute Gasteiger partial charge is 0.239 e. The van der Waals surface area contributed by atoms with Crippen LogP contribution in [0.25, 0.3) is 11.4 Å². The number of hydrogen-bond donors (Lipinski definition) is 0. The van der Waals surface area contributed by atoms with Crippen molar-refractivity contribution in [3.63, 3.8) is 0 Å². The molecule has 2 heterocycles. The summed E-state index contributed by atoms with van der Waals surface area (Å²) >= 11 is 1.53. The van der Waals surface area contributed by atoms with Crippen molar-refractivity contribution in [3.05, 3.63) is 41.8 Å². The maximum atomic E-state index is 14.2. The second-order valence-electron chi connectivity index (χ2n) is 6.91. The Labute approximate surface area is 154 Å². The van der Waals surface area contributed by atoms with Crippen molar-refractivity contribution in [2.24, 2.45) is 0 Å². The maximum Gasteiger partial charge on any atom is 0.239 e. The number of thioether (sulfide) groups is 1. The maximum absolute atomic E-state index is 14.2. The second kappa shape index (κ2) is 6.19. The predicted octanol–water partition coefficient (Wildman–Crippen LogP) is 4.53. The molecule has 6 nitrogen and oxygen atoms in total. The van der Waals surface area contributed by atoms with E-state index in [4.69, 9.17) is 4.52 Å². The van der Waals surface area contributed by atoms with Crippen LogP contribution >= 0.6 is 11.8 Å². The van der Waals surface area contributed by atoms with Crippen LogP contribution in [0, 0.1) is 5.82 Å². The molecule has 134 valence electrons. The Balaban J connectivity index is 1.44. The summed E-state index contributed by atoms with van der Waals surface area (Å²) in [5.74, 6) is 2.19. The summed E-state index contributed by atoms with van der Waals surface area (Å²) in [6, 6.07) is 7.03. The van der Waals surface area contributed by atoms with Crippen LogP contribution in [0.2, 0.25) is 0 Å². The van der Waals surface area contributed by atoms with E-state index < -0.39 is 0 Å². The third kappa shape index (κ3) is 2.92. The highest BCUT2D eigenvalue weighted by Gasteiger charge is 2.33. The summed E-state index contributed by atoms with van der Waals surface area (Å²) in [6.07, 6.45) is 4.41. The number of aromatic nitrogens is 5. The molecule has 2 aliphatic carbocycles. The van der Waals surface area contributed by atoms with Gasteiger partial charge >= 0.3 is 0 Å². The fourth-order valence-corrected chi connectivity index (χ4v) is 3.92. The van der Waals surface area contributed by atoms with E-state index in [9.17, 15) is 4.39 Å². The van der Waals surface area contributed by atoms with Crippen molar-refractivity contribution in [1.29, 1.82) is 0 Å². The van der Waals surface area contributed by atoms with Crippen molar-refractivity contribution < 1.29 is 8.91 Å². The van der Waals surface area contributed by atoms with E-state index >= 15 is 0 Å². The lowest BCUT2D eigenvalue weighted by atomic mass is 10.2. The molecule has 8 heteroatoms. The Bertz CT molecular complexity index is 947. The lowest BCUT2D eigenvalue weighted by Crippen LogP contribution is -2.02. The highest BCUT2D eigenvalue weighted by molar-refractivity contribution is 7.99. The Morgan fingerprint density at radius 1 is 1.19 bits per heavy atom. The van der Waals surface area contributed by atoms with Crippen molar-refractivity contribution in [2.45, 2.75) is 55.0 Å². The fraction of sp³-hybridized carbons (Fsp3) is 0.444. The van der Waals surface area contributed by atoms with E-state index in [-0.39, 0.29) is 11.1 Å². The number of halogens is 1. The highest BCUT2D eigenvalue weighted by Crippen LogP contribution is 2.44. The van der Waals surface area contributed by atoms with Gasteiger partial charge in [0.1, 0.15) is 5.82 Å². The normalized spacial score (nSPS) is 18.2. The first-order valence-electron chi connectivity index (χ1n) is 8.90. The highest BCUT2D eigenvalue weighted by atomic mass is 32.2. The molecule has 1 unspecified atom stereocenters. The van der Waals surface area contributed by atoms with Crippen molar-refractivity contribution in [1.82, 2.24) is 24.9 Å². The molecule has 2 saturated carbocycles. The molecule has 0 saturated heterocycles. The first kappa shape index (κ1) is 16.0. The minimum Gasteiger partial charge on any atom is -0.338 e. The van der Waals surface area contributed by atoms with Gasteiger partial charge in [0.2, 0.25) is 5.89 Å². The van der Waals surface area contributed by atoms with Gasteiger partial charge < -0.3 is 4.52 Å². The van der Waals surface area contributed by atoms with E-state index in [1.165, 1.54) is 17.8 Å². The van der Waals surface area contributed by atoms with Gasteiger partial charge in [0.05, 0.1) is 10.8 Å². The molecule has 26 heavy (non-hydrogen) atoms. The van der Waals surface area contributed by atoms with Gasteiger partial charge in [0.25, 0.3) is 0 Å². The van der Waals surface area contributed by atoms with Gasteiger partial charge in [-0.05, 0) is 44.7 Å². The summed E-state index contributed by atoms with van der Waals surface area (Å²) in [6.45, 7) is 2.02. The average Bonchev–Trinajstić information content (AvgIpc) is 3.58. The summed E-state index contributed by atoms with van der Waals surface area (Å²) in [7, 11) is 0. The van der Waals surface area contributed by atoms with Crippen LogP contribution in [0.4, 0.5) is 4.39 Å². The molecule has 3 aromatic rings. The number of hydrogen-bond acceptors (Lipinski definition) is 6. The molecule has 0 amide bonds. The second-order valence-corrected chi connectivity index (χ2v) is 8.22. The summed E-state index contributed by atoms with van der Waals surface area (Å²) < 4.78 is 21.7. The lowest BCUT2D eigenvalue weighted by molar-refractivity contribution is 0.374. The van der Waals surface area contributed by atoms with E-state index in [0.29, 0.717) is 29.2 Å². The quantitative estimate of drug-likeness (QED) is 0.593. The molecule has 0 N–H and O–H groups in total. The zero-order valence-corrected chi connectivity index (χ0v) is 15.1. The van der Waals surface area contributed by atoms with E-state index in [1.807, 2.05) is 13.0 Å². The van der Waals surface area contributed by atoms with Crippen molar-refractivity contribution in [2.75, 3.05) is 0 Å². The van der Waals surface area contributed by atoms with Gasteiger partial charge in [-0.3, -0.25) is 4.57 Å². The van der Waals surface area contributed by atoms with Gasteiger partial charge in [0.15, 0.2) is 16.8 Å². The van der Waals surface area contributed by atoms with Gasteiger partial charge in [-0.2, -0.15) is 4.98 Å². The van der Waals surface area contributed by atoms with Crippen molar-refractivity contribution in [3.8, 4) is 11.4 Å².